The topological polar surface area (TPSA) is 104 Å². The summed E-state index contributed by atoms with van der Waals surface area (Å²) >= 11 is 6.54. The standard InChI is InChI=1S/C28H23ClN2O6/c1-13-9-18-22(16(11-21(32)31-18)14-6-7-17-15(10-14)5-4-8-30-17)26(33)28(13)27(34)23-19(35-2)12-20(36-3)24(29)25(23)37-28/h4-8,10,12-13,16H,9,11H2,1-3H3,(H,31,32)/t13-,16-,28+/m1/s1. The molecule has 188 valence electrons. The van der Waals surface area contributed by atoms with Crippen LogP contribution < -0.4 is 19.5 Å². The van der Waals surface area contributed by atoms with Crippen molar-refractivity contribution < 1.29 is 28.6 Å². The number of amides is 1. The number of methoxy groups -OCH3 is 2. The fourth-order valence-electron chi connectivity index (χ4n) is 5.79. The molecule has 0 unspecified atom stereocenters. The molecule has 3 aliphatic rings. The Kier molecular flexibility index (Phi) is 5.28. The van der Waals surface area contributed by atoms with Gasteiger partial charge in [-0.25, -0.2) is 0 Å². The SMILES string of the molecule is COc1cc(OC)c2c(c1Cl)O[C@@]1(C(=O)C3=C(C[C@H]1C)NC(=O)C[C@@H]3c1ccc3ncccc3c1)C2=O. The number of allylic oxidation sites excluding steroid dienone is 1. The Bertz CT molecular complexity index is 1560. The second-order valence-corrected chi connectivity index (χ2v) is 9.93. The lowest BCUT2D eigenvalue weighted by molar-refractivity contribution is -0.131. The molecule has 1 aromatic heterocycles. The molecule has 0 radical (unpaired) electrons. The van der Waals surface area contributed by atoms with Crippen LogP contribution >= 0.6 is 11.6 Å². The predicted octanol–water partition coefficient (Wildman–Crippen LogP) is 4.39. The smallest absolute Gasteiger partial charge is 0.236 e. The Balaban J connectivity index is 1.50. The molecule has 0 saturated carbocycles. The Morgan fingerprint density at radius 3 is 2.59 bits per heavy atom. The predicted molar refractivity (Wildman–Crippen MR) is 135 cm³/mol. The second-order valence-electron chi connectivity index (χ2n) is 9.55. The van der Waals surface area contributed by atoms with Gasteiger partial charge in [-0.05, 0) is 30.2 Å². The maximum atomic E-state index is 14.4. The summed E-state index contributed by atoms with van der Waals surface area (Å²) in [5, 5.41) is 3.87. The molecule has 2 aromatic carbocycles. The third-order valence-corrected chi connectivity index (χ3v) is 7.95. The highest BCUT2D eigenvalue weighted by atomic mass is 35.5. The Morgan fingerprint density at radius 2 is 1.84 bits per heavy atom. The number of hydrogen-bond donors (Lipinski definition) is 1. The van der Waals surface area contributed by atoms with E-state index in [0.717, 1.165) is 16.5 Å². The number of carbonyl (C=O) groups is 3. The van der Waals surface area contributed by atoms with Gasteiger partial charge in [-0.1, -0.05) is 30.7 Å². The number of aromatic nitrogens is 1. The molecule has 3 aromatic rings. The van der Waals surface area contributed by atoms with Crippen LogP contribution in [0.3, 0.4) is 0 Å². The van der Waals surface area contributed by atoms with E-state index in [1.807, 2.05) is 30.3 Å². The fourth-order valence-corrected chi connectivity index (χ4v) is 6.05. The van der Waals surface area contributed by atoms with E-state index in [2.05, 4.69) is 10.3 Å². The highest BCUT2D eigenvalue weighted by Gasteiger charge is 2.63. The van der Waals surface area contributed by atoms with Crippen LogP contribution in [-0.4, -0.2) is 42.3 Å². The molecule has 1 aliphatic carbocycles. The van der Waals surface area contributed by atoms with Gasteiger partial charge in [0, 0.05) is 47.2 Å². The molecule has 3 heterocycles. The van der Waals surface area contributed by atoms with Crippen molar-refractivity contribution in [1.29, 1.82) is 0 Å². The van der Waals surface area contributed by atoms with E-state index < -0.39 is 29.0 Å². The number of ether oxygens (including phenoxy) is 3. The summed E-state index contributed by atoms with van der Waals surface area (Å²) in [6, 6.07) is 11.0. The average Bonchev–Trinajstić information content (AvgIpc) is 3.21. The van der Waals surface area contributed by atoms with E-state index in [0.29, 0.717) is 11.3 Å². The van der Waals surface area contributed by atoms with Crippen LogP contribution in [0, 0.1) is 5.92 Å². The largest absolute Gasteiger partial charge is 0.496 e. The molecule has 1 N–H and O–H groups in total. The third kappa shape index (κ3) is 3.21. The van der Waals surface area contributed by atoms with Crippen molar-refractivity contribution in [3.8, 4) is 17.2 Å². The first-order valence-corrected chi connectivity index (χ1v) is 12.3. The Morgan fingerprint density at radius 1 is 1.05 bits per heavy atom. The van der Waals surface area contributed by atoms with E-state index in [1.54, 1.807) is 13.1 Å². The number of pyridine rings is 1. The lowest BCUT2D eigenvalue weighted by Gasteiger charge is -2.41. The summed E-state index contributed by atoms with van der Waals surface area (Å²) in [7, 11) is 2.87. The van der Waals surface area contributed by atoms with Gasteiger partial charge in [0.2, 0.25) is 23.1 Å². The first-order valence-electron chi connectivity index (χ1n) is 11.9. The van der Waals surface area contributed by atoms with Crippen LogP contribution in [0.4, 0.5) is 0 Å². The number of hydrogen-bond acceptors (Lipinski definition) is 7. The number of nitrogens with zero attached hydrogens (tertiary/aromatic N) is 1. The second kappa shape index (κ2) is 8.31. The molecule has 9 heteroatoms. The highest BCUT2D eigenvalue weighted by molar-refractivity contribution is 6.36. The van der Waals surface area contributed by atoms with Crippen molar-refractivity contribution in [2.75, 3.05) is 14.2 Å². The average molecular weight is 519 g/mol. The zero-order valence-corrected chi connectivity index (χ0v) is 21.1. The summed E-state index contributed by atoms with van der Waals surface area (Å²) in [4.78, 5) is 45.5. The van der Waals surface area contributed by atoms with Crippen LogP contribution in [-0.2, 0) is 9.59 Å². The number of Topliss-reactive ketones (excluding diaryl/α,β-unsaturated/α-hetero) is 2. The first-order chi connectivity index (χ1) is 17.8. The van der Waals surface area contributed by atoms with Gasteiger partial charge in [0.15, 0.2) is 5.75 Å². The van der Waals surface area contributed by atoms with E-state index in [-0.39, 0.29) is 46.6 Å². The summed E-state index contributed by atoms with van der Waals surface area (Å²) in [6.45, 7) is 1.76. The van der Waals surface area contributed by atoms with E-state index in [4.69, 9.17) is 25.8 Å². The van der Waals surface area contributed by atoms with Gasteiger partial charge in [0.25, 0.3) is 0 Å². The van der Waals surface area contributed by atoms with Gasteiger partial charge in [-0.15, -0.1) is 0 Å². The molecular weight excluding hydrogens is 496 g/mol. The highest BCUT2D eigenvalue weighted by Crippen LogP contribution is 2.55. The molecule has 6 rings (SSSR count). The molecule has 2 aliphatic heterocycles. The minimum atomic E-state index is -1.83. The van der Waals surface area contributed by atoms with Crippen LogP contribution in [0.1, 0.15) is 41.6 Å². The van der Waals surface area contributed by atoms with Crippen molar-refractivity contribution in [2.24, 2.45) is 5.92 Å². The number of fused-ring (bicyclic) bond motifs is 2. The van der Waals surface area contributed by atoms with Gasteiger partial charge in [0.05, 0.1) is 19.7 Å². The normalized spacial score (nSPS) is 24.6. The van der Waals surface area contributed by atoms with Gasteiger partial charge >= 0.3 is 0 Å². The van der Waals surface area contributed by atoms with Crippen molar-refractivity contribution in [1.82, 2.24) is 10.3 Å². The number of benzene rings is 2. The first kappa shape index (κ1) is 23.5. The number of nitrogens with one attached hydrogen (secondary N) is 1. The maximum absolute atomic E-state index is 14.4. The Hall–Kier alpha value is -3.91. The van der Waals surface area contributed by atoms with Crippen LogP contribution in [0.25, 0.3) is 10.9 Å². The van der Waals surface area contributed by atoms with Gasteiger partial charge in [0.1, 0.15) is 22.1 Å². The molecule has 0 bridgehead atoms. The third-order valence-electron chi connectivity index (χ3n) is 7.59. The minimum Gasteiger partial charge on any atom is -0.496 e. The lowest BCUT2D eigenvalue weighted by atomic mass is 9.66. The lowest BCUT2D eigenvalue weighted by Crippen LogP contribution is -2.59. The monoisotopic (exact) mass is 518 g/mol. The van der Waals surface area contributed by atoms with Gasteiger partial charge < -0.3 is 19.5 Å². The zero-order chi connectivity index (χ0) is 26.1. The molecule has 37 heavy (non-hydrogen) atoms. The van der Waals surface area contributed by atoms with Crippen LogP contribution in [0.2, 0.25) is 5.02 Å². The van der Waals surface area contributed by atoms with Gasteiger partial charge in [-0.3, -0.25) is 19.4 Å². The number of carbonyl (C=O) groups excluding carboxylic acids is 3. The van der Waals surface area contributed by atoms with Crippen LogP contribution in [0.5, 0.6) is 17.2 Å². The maximum Gasteiger partial charge on any atom is 0.236 e. The molecule has 1 amide bonds. The number of halogens is 1. The molecular formula is C28H23ClN2O6. The summed E-state index contributed by atoms with van der Waals surface area (Å²) in [5.41, 5.74) is 0.791. The van der Waals surface area contributed by atoms with Crippen LogP contribution in [0.15, 0.2) is 53.9 Å². The van der Waals surface area contributed by atoms with Crippen molar-refractivity contribution in [3.63, 3.8) is 0 Å². The van der Waals surface area contributed by atoms with E-state index in [9.17, 15) is 14.4 Å². The molecule has 1 spiro atoms. The molecule has 3 atom stereocenters. The van der Waals surface area contributed by atoms with Crippen molar-refractivity contribution in [3.05, 3.63) is 70.0 Å². The fraction of sp³-hybridized carbons (Fsp3) is 0.286. The minimum absolute atomic E-state index is 0.0693. The summed E-state index contributed by atoms with van der Waals surface area (Å²) in [5.74, 6) is -1.73. The number of rotatable bonds is 3. The molecule has 8 nitrogen and oxygen atoms in total. The summed E-state index contributed by atoms with van der Waals surface area (Å²) in [6.07, 6.45) is 2.05. The summed E-state index contributed by atoms with van der Waals surface area (Å²) < 4.78 is 17.1. The number of ketones is 2. The quantitative estimate of drug-likeness (QED) is 0.513. The molecule has 0 saturated heterocycles. The van der Waals surface area contributed by atoms with Crippen molar-refractivity contribution in [2.45, 2.75) is 31.3 Å². The van der Waals surface area contributed by atoms with Gasteiger partial charge in [-0.2, -0.15) is 0 Å². The van der Waals surface area contributed by atoms with Crippen molar-refractivity contribution >= 4 is 40.0 Å². The molecule has 0 fully saturated rings. The Labute approximate surface area is 217 Å². The zero-order valence-electron chi connectivity index (χ0n) is 20.4. The van der Waals surface area contributed by atoms with E-state index in [1.165, 1.54) is 20.3 Å². The van der Waals surface area contributed by atoms with E-state index >= 15 is 0 Å².